The fraction of sp³-hybridized carbons (Fsp3) is 0.474. The number of aryl methyl sites for hydroxylation is 1. The van der Waals surface area contributed by atoms with Crippen molar-refractivity contribution in [3.8, 4) is 0 Å². The van der Waals surface area contributed by atoms with Crippen molar-refractivity contribution in [3.63, 3.8) is 0 Å². The van der Waals surface area contributed by atoms with Crippen LogP contribution in [0.5, 0.6) is 0 Å². The van der Waals surface area contributed by atoms with Crippen LogP contribution in [-0.4, -0.2) is 42.1 Å². The average molecular weight is 407 g/mol. The molecule has 2 heterocycles. The van der Waals surface area contributed by atoms with Crippen LogP contribution in [0.3, 0.4) is 0 Å². The molecular formula is C19H25N3O5S. The van der Waals surface area contributed by atoms with Gasteiger partial charge in [0.25, 0.3) is 15.9 Å². The molecule has 2 N–H and O–H groups in total. The van der Waals surface area contributed by atoms with Gasteiger partial charge >= 0.3 is 0 Å². The molecule has 1 amide bonds. The van der Waals surface area contributed by atoms with E-state index in [0.29, 0.717) is 25.1 Å². The van der Waals surface area contributed by atoms with Crippen LogP contribution in [-0.2, 0) is 27.8 Å². The molecule has 1 aliphatic heterocycles. The van der Waals surface area contributed by atoms with Gasteiger partial charge in [0, 0.05) is 19.2 Å². The maximum Gasteiger partial charge on any atom is 0.263 e. The SMILES string of the molecule is Cc1cc(NS(=O)(=O)c2ccc3c(c2)CN(C(=O)[C@H](O)CC(C)C)CC3)no1. The Morgan fingerprint density at radius 2 is 2.07 bits per heavy atom. The minimum Gasteiger partial charge on any atom is -0.383 e. The molecule has 0 spiro atoms. The highest BCUT2D eigenvalue weighted by Crippen LogP contribution is 2.25. The number of rotatable bonds is 6. The lowest BCUT2D eigenvalue weighted by Crippen LogP contribution is -2.42. The highest BCUT2D eigenvalue weighted by Gasteiger charge is 2.27. The van der Waals surface area contributed by atoms with Crippen molar-refractivity contribution >= 4 is 21.7 Å². The lowest BCUT2D eigenvalue weighted by Gasteiger charge is -2.31. The van der Waals surface area contributed by atoms with E-state index in [4.69, 9.17) is 4.52 Å². The van der Waals surface area contributed by atoms with Crippen LogP contribution in [0.1, 0.15) is 37.2 Å². The monoisotopic (exact) mass is 407 g/mol. The van der Waals surface area contributed by atoms with Crippen molar-refractivity contribution in [2.24, 2.45) is 5.92 Å². The molecule has 1 aromatic heterocycles. The third kappa shape index (κ3) is 4.53. The first-order chi connectivity index (χ1) is 13.2. The molecule has 0 saturated heterocycles. The lowest BCUT2D eigenvalue weighted by molar-refractivity contribution is -0.141. The molecule has 1 aliphatic rings. The Labute approximate surface area is 164 Å². The molecule has 1 atom stereocenters. The molecule has 152 valence electrons. The van der Waals surface area contributed by atoms with Crippen molar-refractivity contribution < 1.29 is 22.8 Å². The van der Waals surface area contributed by atoms with E-state index in [9.17, 15) is 18.3 Å². The molecule has 3 rings (SSSR count). The van der Waals surface area contributed by atoms with Crippen molar-refractivity contribution in [2.45, 2.75) is 51.2 Å². The summed E-state index contributed by atoms with van der Waals surface area (Å²) in [4.78, 5) is 14.2. The molecule has 0 unspecified atom stereocenters. The molecule has 2 aromatic rings. The minimum atomic E-state index is -3.83. The van der Waals surface area contributed by atoms with Gasteiger partial charge in [0.1, 0.15) is 11.9 Å². The summed E-state index contributed by atoms with van der Waals surface area (Å²) < 4.78 is 32.5. The highest BCUT2D eigenvalue weighted by molar-refractivity contribution is 7.92. The number of sulfonamides is 1. The topological polar surface area (TPSA) is 113 Å². The molecule has 28 heavy (non-hydrogen) atoms. The molecule has 0 radical (unpaired) electrons. The summed E-state index contributed by atoms with van der Waals surface area (Å²) >= 11 is 0. The van der Waals surface area contributed by atoms with Crippen LogP contribution in [0.15, 0.2) is 33.7 Å². The Balaban J connectivity index is 1.78. The van der Waals surface area contributed by atoms with E-state index in [1.807, 2.05) is 13.8 Å². The van der Waals surface area contributed by atoms with Crippen LogP contribution in [0, 0.1) is 12.8 Å². The molecule has 0 bridgehead atoms. The number of aromatic nitrogens is 1. The van der Waals surface area contributed by atoms with Gasteiger partial charge in [-0.05, 0) is 48.9 Å². The van der Waals surface area contributed by atoms with Gasteiger partial charge in [-0.25, -0.2) is 8.42 Å². The Morgan fingerprint density at radius 3 is 2.71 bits per heavy atom. The summed E-state index contributed by atoms with van der Waals surface area (Å²) in [5, 5.41) is 13.8. The fourth-order valence-corrected chi connectivity index (χ4v) is 4.29. The molecule has 8 nitrogen and oxygen atoms in total. The van der Waals surface area contributed by atoms with Gasteiger partial charge in [0.15, 0.2) is 5.82 Å². The van der Waals surface area contributed by atoms with Gasteiger partial charge < -0.3 is 14.5 Å². The number of fused-ring (bicyclic) bond motifs is 1. The van der Waals surface area contributed by atoms with E-state index in [2.05, 4.69) is 9.88 Å². The normalized spacial score (nSPS) is 15.4. The zero-order valence-corrected chi connectivity index (χ0v) is 17.0. The van der Waals surface area contributed by atoms with Gasteiger partial charge in [0.05, 0.1) is 4.90 Å². The average Bonchev–Trinajstić information content (AvgIpc) is 3.03. The quantitative estimate of drug-likeness (QED) is 0.758. The summed E-state index contributed by atoms with van der Waals surface area (Å²) in [5.74, 6) is 0.504. The van der Waals surface area contributed by atoms with Gasteiger partial charge in [-0.15, -0.1) is 0 Å². The van der Waals surface area contributed by atoms with Crippen molar-refractivity contribution in [3.05, 3.63) is 41.2 Å². The Bertz CT molecular complexity index is 968. The summed E-state index contributed by atoms with van der Waals surface area (Å²) in [5.41, 5.74) is 1.76. The predicted octanol–water partition coefficient (Wildman–Crippen LogP) is 2.08. The standard InChI is InChI=1S/C19H25N3O5S/c1-12(2)8-17(23)19(24)22-7-6-14-4-5-16(10-15(14)11-22)28(25,26)21-18-9-13(3)27-20-18/h4-5,9-10,12,17,23H,6-8,11H2,1-3H3,(H,20,21)/t17-/m1/s1. The summed E-state index contributed by atoms with van der Waals surface area (Å²) in [6, 6.07) is 6.37. The number of amides is 1. The van der Waals surface area contributed by atoms with E-state index in [-0.39, 0.29) is 29.1 Å². The number of hydrogen-bond acceptors (Lipinski definition) is 6. The maximum absolute atomic E-state index is 12.6. The van der Waals surface area contributed by atoms with Gasteiger partial charge in [-0.2, -0.15) is 0 Å². The number of carbonyl (C=O) groups is 1. The van der Waals surface area contributed by atoms with E-state index < -0.39 is 16.1 Å². The lowest BCUT2D eigenvalue weighted by atomic mass is 9.98. The number of carbonyl (C=O) groups excluding carboxylic acids is 1. The largest absolute Gasteiger partial charge is 0.383 e. The van der Waals surface area contributed by atoms with Crippen LogP contribution in [0.25, 0.3) is 0 Å². The number of anilines is 1. The molecule has 0 aliphatic carbocycles. The van der Waals surface area contributed by atoms with Gasteiger partial charge in [-0.3, -0.25) is 9.52 Å². The second kappa shape index (κ2) is 7.92. The number of nitrogens with zero attached hydrogens (tertiary/aromatic N) is 2. The third-order valence-corrected chi connectivity index (χ3v) is 6.01. The highest BCUT2D eigenvalue weighted by atomic mass is 32.2. The van der Waals surface area contributed by atoms with Crippen LogP contribution in [0.2, 0.25) is 0 Å². The number of aliphatic hydroxyl groups excluding tert-OH is 1. The first kappa shape index (κ1) is 20.3. The van der Waals surface area contributed by atoms with Crippen molar-refractivity contribution in [1.29, 1.82) is 0 Å². The molecule has 0 fully saturated rings. The van der Waals surface area contributed by atoms with Crippen molar-refractivity contribution in [1.82, 2.24) is 10.1 Å². The van der Waals surface area contributed by atoms with E-state index in [0.717, 1.165) is 11.1 Å². The predicted molar refractivity (Wildman–Crippen MR) is 103 cm³/mol. The Hall–Kier alpha value is -2.39. The van der Waals surface area contributed by atoms with Crippen LogP contribution >= 0.6 is 0 Å². The Morgan fingerprint density at radius 1 is 1.32 bits per heavy atom. The zero-order chi connectivity index (χ0) is 20.5. The van der Waals surface area contributed by atoms with E-state index in [1.165, 1.54) is 6.07 Å². The van der Waals surface area contributed by atoms with Crippen LogP contribution < -0.4 is 4.72 Å². The Kier molecular flexibility index (Phi) is 5.76. The zero-order valence-electron chi connectivity index (χ0n) is 16.2. The summed E-state index contributed by atoms with van der Waals surface area (Å²) in [6.45, 7) is 6.34. The number of hydrogen-bond donors (Lipinski definition) is 2. The first-order valence-electron chi connectivity index (χ1n) is 9.20. The molecule has 1 aromatic carbocycles. The maximum atomic E-state index is 12.6. The number of nitrogens with one attached hydrogen (secondary N) is 1. The second-order valence-electron chi connectivity index (χ2n) is 7.51. The first-order valence-corrected chi connectivity index (χ1v) is 10.7. The number of aliphatic hydroxyl groups is 1. The fourth-order valence-electron chi connectivity index (χ4n) is 3.26. The summed E-state index contributed by atoms with van der Waals surface area (Å²) in [6.07, 6.45) is -0.0193. The smallest absolute Gasteiger partial charge is 0.263 e. The molecular weight excluding hydrogens is 382 g/mol. The van der Waals surface area contributed by atoms with Crippen molar-refractivity contribution in [2.75, 3.05) is 11.3 Å². The van der Waals surface area contributed by atoms with E-state index >= 15 is 0 Å². The van der Waals surface area contributed by atoms with E-state index in [1.54, 1.807) is 30.0 Å². The minimum absolute atomic E-state index is 0.0870. The van der Waals surface area contributed by atoms with Gasteiger partial charge in [-0.1, -0.05) is 25.1 Å². The number of benzene rings is 1. The molecule has 0 saturated carbocycles. The third-order valence-electron chi connectivity index (χ3n) is 4.66. The molecule has 9 heteroatoms. The summed E-state index contributed by atoms with van der Waals surface area (Å²) in [7, 11) is -3.83. The second-order valence-corrected chi connectivity index (χ2v) is 9.20. The van der Waals surface area contributed by atoms with Crippen LogP contribution in [0.4, 0.5) is 5.82 Å². The van der Waals surface area contributed by atoms with Gasteiger partial charge in [0.2, 0.25) is 0 Å².